The molecule has 27 heavy (non-hydrogen) atoms. The minimum atomic E-state index is -0.276. The Hall–Kier alpha value is -2.96. The van der Waals surface area contributed by atoms with Crippen LogP contribution in [0.3, 0.4) is 0 Å². The molecule has 1 aliphatic heterocycles. The fraction of sp³-hybridized carbons (Fsp3) is 0.400. The van der Waals surface area contributed by atoms with Crippen LogP contribution >= 0.6 is 0 Å². The van der Waals surface area contributed by atoms with Gasteiger partial charge in [0.1, 0.15) is 6.42 Å². The van der Waals surface area contributed by atoms with Crippen molar-refractivity contribution in [1.29, 1.82) is 0 Å². The number of nitrogens with one attached hydrogen (secondary N) is 1. The van der Waals surface area contributed by atoms with Crippen molar-refractivity contribution in [2.45, 2.75) is 26.2 Å². The number of hydrogen-bond donors (Lipinski definition) is 1. The third-order valence-electron chi connectivity index (χ3n) is 4.64. The van der Waals surface area contributed by atoms with Gasteiger partial charge in [0, 0.05) is 44.3 Å². The first-order valence-corrected chi connectivity index (χ1v) is 9.23. The lowest BCUT2D eigenvalue weighted by Gasteiger charge is -2.34. The molecule has 1 N–H and O–H groups in total. The molecule has 0 bridgehead atoms. The maximum atomic E-state index is 12.5. The number of aromatic nitrogens is 2. The van der Waals surface area contributed by atoms with Crippen LogP contribution < -0.4 is 10.2 Å². The van der Waals surface area contributed by atoms with Gasteiger partial charge in [-0.25, -0.2) is 9.97 Å². The zero-order valence-electron chi connectivity index (χ0n) is 15.8. The number of piperazine rings is 1. The van der Waals surface area contributed by atoms with Crippen LogP contribution in [0.5, 0.6) is 0 Å². The summed E-state index contributed by atoms with van der Waals surface area (Å²) in [6.07, 6.45) is 3.27. The van der Waals surface area contributed by atoms with E-state index in [0.29, 0.717) is 38.0 Å². The number of carbonyl (C=O) groups is 2. The summed E-state index contributed by atoms with van der Waals surface area (Å²) in [6, 6.07) is 9.48. The highest BCUT2D eigenvalue weighted by atomic mass is 16.2. The summed E-state index contributed by atoms with van der Waals surface area (Å²) in [5.74, 6) is 0.545. The highest BCUT2D eigenvalue weighted by Gasteiger charge is 2.24. The molecule has 1 aromatic carbocycles. The number of rotatable bonds is 5. The van der Waals surface area contributed by atoms with Crippen LogP contribution in [-0.2, 0) is 9.59 Å². The molecule has 7 nitrogen and oxygen atoms in total. The van der Waals surface area contributed by atoms with Crippen LogP contribution in [-0.4, -0.2) is 52.9 Å². The van der Waals surface area contributed by atoms with Crippen molar-refractivity contribution in [3.8, 4) is 0 Å². The second-order valence-corrected chi connectivity index (χ2v) is 6.88. The van der Waals surface area contributed by atoms with E-state index in [0.717, 1.165) is 11.3 Å². The van der Waals surface area contributed by atoms with Gasteiger partial charge < -0.3 is 15.1 Å². The van der Waals surface area contributed by atoms with Gasteiger partial charge in [-0.05, 0) is 23.6 Å². The number of anilines is 2. The van der Waals surface area contributed by atoms with Crippen molar-refractivity contribution in [3.63, 3.8) is 0 Å². The molecular weight excluding hydrogens is 342 g/mol. The zero-order chi connectivity index (χ0) is 19.2. The van der Waals surface area contributed by atoms with E-state index in [1.165, 1.54) is 0 Å². The van der Waals surface area contributed by atoms with Crippen molar-refractivity contribution in [2.24, 2.45) is 0 Å². The summed E-state index contributed by atoms with van der Waals surface area (Å²) in [7, 11) is 0. The SMILES string of the molecule is CC(C)c1ccccc1NC(=O)CC(=O)N1CCN(c2ncccn2)CC1. The summed E-state index contributed by atoms with van der Waals surface area (Å²) < 4.78 is 0. The molecular formula is C20H25N5O2. The summed E-state index contributed by atoms with van der Waals surface area (Å²) in [5, 5.41) is 2.88. The van der Waals surface area contributed by atoms with Crippen LogP contribution in [0.25, 0.3) is 0 Å². The molecule has 0 spiro atoms. The van der Waals surface area contributed by atoms with Gasteiger partial charge in [-0.2, -0.15) is 0 Å². The number of amides is 2. The van der Waals surface area contributed by atoms with Gasteiger partial charge in [-0.15, -0.1) is 0 Å². The van der Waals surface area contributed by atoms with E-state index >= 15 is 0 Å². The highest BCUT2D eigenvalue weighted by molar-refractivity contribution is 6.04. The maximum Gasteiger partial charge on any atom is 0.233 e. The first kappa shape index (κ1) is 18.8. The van der Waals surface area contributed by atoms with Crippen LogP contribution in [0.15, 0.2) is 42.7 Å². The molecule has 3 rings (SSSR count). The van der Waals surface area contributed by atoms with E-state index < -0.39 is 0 Å². The molecule has 2 amide bonds. The lowest BCUT2D eigenvalue weighted by atomic mass is 10.0. The normalized spacial score (nSPS) is 14.3. The van der Waals surface area contributed by atoms with Gasteiger partial charge >= 0.3 is 0 Å². The predicted molar refractivity (Wildman–Crippen MR) is 105 cm³/mol. The van der Waals surface area contributed by atoms with Crippen molar-refractivity contribution < 1.29 is 9.59 Å². The summed E-state index contributed by atoms with van der Waals surface area (Å²) in [4.78, 5) is 37.1. The van der Waals surface area contributed by atoms with Crippen molar-refractivity contribution >= 4 is 23.5 Å². The number of nitrogens with zero attached hydrogens (tertiary/aromatic N) is 4. The number of carbonyl (C=O) groups excluding carboxylic acids is 2. The lowest BCUT2D eigenvalue weighted by Crippen LogP contribution is -2.49. The molecule has 0 unspecified atom stereocenters. The van der Waals surface area contributed by atoms with Crippen LogP contribution in [0.2, 0.25) is 0 Å². The molecule has 2 aromatic rings. The monoisotopic (exact) mass is 367 g/mol. The maximum absolute atomic E-state index is 12.5. The van der Waals surface area contributed by atoms with Crippen molar-refractivity contribution in [2.75, 3.05) is 36.4 Å². The highest BCUT2D eigenvalue weighted by Crippen LogP contribution is 2.23. The smallest absolute Gasteiger partial charge is 0.233 e. The van der Waals surface area contributed by atoms with Crippen LogP contribution in [0.1, 0.15) is 31.7 Å². The fourth-order valence-electron chi connectivity index (χ4n) is 3.17. The van der Waals surface area contributed by atoms with Gasteiger partial charge in [-0.3, -0.25) is 9.59 Å². The molecule has 2 heterocycles. The third kappa shape index (κ3) is 4.81. The Labute approximate surface area is 159 Å². The Morgan fingerprint density at radius 1 is 1.04 bits per heavy atom. The van der Waals surface area contributed by atoms with Crippen molar-refractivity contribution in [3.05, 3.63) is 48.3 Å². The summed E-state index contributed by atoms with van der Waals surface area (Å²) in [6.45, 7) is 6.60. The topological polar surface area (TPSA) is 78.4 Å². The Kier molecular flexibility index (Phi) is 6.01. The molecule has 1 aromatic heterocycles. The number of hydrogen-bond acceptors (Lipinski definition) is 5. The Morgan fingerprint density at radius 3 is 2.37 bits per heavy atom. The number of benzene rings is 1. The first-order valence-electron chi connectivity index (χ1n) is 9.23. The predicted octanol–water partition coefficient (Wildman–Crippen LogP) is 2.28. The minimum Gasteiger partial charge on any atom is -0.339 e. The largest absolute Gasteiger partial charge is 0.339 e. The lowest BCUT2D eigenvalue weighted by molar-refractivity contribution is -0.134. The Morgan fingerprint density at radius 2 is 1.70 bits per heavy atom. The molecule has 0 radical (unpaired) electrons. The Balaban J connectivity index is 1.52. The summed E-state index contributed by atoms with van der Waals surface area (Å²) >= 11 is 0. The van der Waals surface area contributed by atoms with E-state index in [2.05, 4.69) is 29.1 Å². The van der Waals surface area contributed by atoms with Crippen LogP contribution in [0, 0.1) is 0 Å². The standard InChI is InChI=1S/C20H25N5O2/c1-15(2)16-6-3-4-7-17(16)23-18(26)14-19(27)24-10-12-25(13-11-24)20-21-8-5-9-22-20/h3-9,15H,10-14H2,1-2H3,(H,23,26). The van der Waals surface area contributed by atoms with E-state index in [-0.39, 0.29) is 18.2 Å². The van der Waals surface area contributed by atoms with Gasteiger partial charge in [0.25, 0.3) is 0 Å². The quantitative estimate of drug-likeness (QED) is 0.821. The molecule has 142 valence electrons. The van der Waals surface area contributed by atoms with Gasteiger partial charge in [0.15, 0.2) is 0 Å². The summed E-state index contributed by atoms with van der Waals surface area (Å²) in [5.41, 5.74) is 1.84. The molecule has 7 heteroatoms. The van der Waals surface area contributed by atoms with E-state index in [4.69, 9.17) is 0 Å². The first-order chi connectivity index (χ1) is 13.0. The van der Waals surface area contributed by atoms with Gasteiger partial charge in [0.2, 0.25) is 17.8 Å². The molecule has 1 aliphatic rings. The van der Waals surface area contributed by atoms with Crippen molar-refractivity contribution in [1.82, 2.24) is 14.9 Å². The molecule has 1 saturated heterocycles. The number of para-hydroxylation sites is 1. The zero-order valence-corrected chi connectivity index (χ0v) is 15.8. The average molecular weight is 367 g/mol. The van der Waals surface area contributed by atoms with E-state index in [1.807, 2.05) is 29.2 Å². The van der Waals surface area contributed by atoms with Gasteiger partial charge in [-0.1, -0.05) is 32.0 Å². The molecule has 0 aliphatic carbocycles. The van der Waals surface area contributed by atoms with Gasteiger partial charge in [0.05, 0.1) is 0 Å². The molecule has 1 fully saturated rings. The molecule has 0 saturated carbocycles. The Bertz CT molecular complexity index is 786. The second-order valence-electron chi connectivity index (χ2n) is 6.88. The fourth-order valence-corrected chi connectivity index (χ4v) is 3.17. The second kappa shape index (κ2) is 8.62. The third-order valence-corrected chi connectivity index (χ3v) is 4.64. The molecule has 0 atom stereocenters. The average Bonchev–Trinajstić information content (AvgIpc) is 2.69. The minimum absolute atomic E-state index is 0.145. The van der Waals surface area contributed by atoms with E-state index in [9.17, 15) is 9.59 Å². The van der Waals surface area contributed by atoms with Crippen LogP contribution in [0.4, 0.5) is 11.6 Å². The van der Waals surface area contributed by atoms with E-state index in [1.54, 1.807) is 23.4 Å².